The third-order valence-electron chi connectivity index (χ3n) is 1.62. The predicted octanol–water partition coefficient (Wildman–Crippen LogP) is 1.76. The van der Waals surface area contributed by atoms with E-state index in [0.29, 0.717) is 6.42 Å². The molecule has 0 amide bonds. The molecule has 0 fully saturated rings. The maximum Gasteiger partial charge on any atom is 0.324 e. The molecule has 0 aliphatic carbocycles. The van der Waals surface area contributed by atoms with Gasteiger partial charge in [-0.15, -0.1) is 0 Å². The monoisotopic (exact) mass is 159 g/mol. The zero-order valence-corrected chi connectivity index (χ0v) is 7.14. The van der Waals surface area contributed by atoms with Crippen LogP contribution in [0.5, 0.6) is 0 Å². The number of unbranched alkanes of at least 4 members (excludes halogenated alkanes) is 4. The minimum atomic E-state index is -0.304. The molecule has 11 heavy (non-hydrogen) atoms. The van der Waals surface area contributed by atoms with Crippen molar-refractivity contribution in [3.8, 4) is 0 Å². The summed E-state index contributed by atoms with van der Waals surface area (Å²) in [4.78, 5) is 14.5. The van der Waals surface area contributed by atoms with Crippen LogP contribution in [0.1, 0.15) is 45.4 Å². The molecule has 2 N–H and O–H groups in total. The fourth-order valence-corrected chi connectivity index (χ4v) is 0.932. The highest BCUT2D eigenvalue weighted by molar-refractivity contribution is 5.68. The van der Waals surface area contributed by atoms with E-state index in [9.17, 15) is 4.79 Å². The Balaban J connectivity index is 2.95. The topological polar surface area (TPSA) is 52.3 Å². The molecule has 0 aromatic heterocycles. The minimum Gasteiger partial charge on any atom is -0.373 e. The SMILES string of the molecule is CCCCCCCC(=O)ON. The molecule has 0 aliphatic heterocycles. The Morgan fingerprint density at radius 3 is 2.45 bits per heavy atom. The van der Waals surface area contributed by atoms with Crippen LogP contribution in [0.2, 0.25) is 0 Å². The third kappa shape index (κ3) is 7.33. The van der Waals surface area contributed by atoms with Gasteiger partial charge in [0.1, 0.15) is 0 Å². The molecule has 0 heterocycles. The molecule has 0 aliphatic rings. The van der Waals surface area contributed by atoms with Crippen molar-refractivity contribution in [1.82, 2.24) is 0 Å². The Morgan fingerprint density at radius 2 is 1.91 bits per heavy atom. The molecule has 3 heteroatoms. The highest BCUT2D eigenvalue weighted by Crippen LogP contribution is 2.04. The summed E-state index contributed by atoms with van der Waals surface area (Å²) in [7, 11) is 0. The molecule has 0 radical (unpaired) electrons. The van der Waals surface area contributed by atoms with Crippen LogP contribution in [0.4, 0.5) is 0 Å². The van der Waals surface area contributed by atoms with Crippen LogP contribution in [-0.2, 0) is 9.63 Å². The van der Waals surface area contributed by atoms with Crippen LogP contribution in [0.3, 0.4) is 0 Å². The Labute approximate surface area is 67.9 Å². The molecular weight excluding hydrogens is 142 g/mol. The summed E-state index contributed by atoms with van der Waals surface area (Å²) in [6.07, 6.45) is 6.13. The van der Waals surface area contributed by atoms with E-state index < -0.39 is 0 Å². The molecule has 66 valence electrons. The van der Waals surface area contributed by atoms with Crippen molar-refractivity contribution in [2.45, 2.75) is 45.4 Å². The van der Waals surface area contributed by atoms with E-state index in [2.05, 4.69) is 17.7 Å². The summed E-state index contributed by atoms with van der Waals surface area (Å²) in [6, 6.07) is 0. The van der Waals surface area contributed by atoms with Gasteiger partial charge in [0.15, 0.2) is 0 Å². The van der Waals surface area contributed by atoms with Crippen molar-refractivity contribution in [3.63, 3.8) is 0 Å². The molecule has 0 bridgehead atoms. The first kappa shape index (κ1) is 10.4. The number of nitrogens with two attached hydrogens (primary N) is 1. The van der Waals surface area contributed by atoms with Gasteiger partial charge in [0.25, 0.3) is 0 Å². The first-order chi connectivity index (χ1) is 5.31. The van der Waals surface area contributed by atoms with Gasteiger partial charge in [-0.2, -0.15) is 5.90 Å². The summed E-state index contributed by atoms with van der Waals surface area (Å²) < 4.78 is 0. The molecule has 3 nitrogen and oxygen atoms in total. The molecule has 0 unspecified atom stereocenters. The summed E-state index contributed by atoms with van der Waals surface area (Å²) in [5, 5.41) is 0. The van der Waals surface area contributed by atoms with Gasteiger partial charge in [0, 0.05) is 6.42 Å². The molecule has 0 spiro atoms. The Hall–Kier alpha value is -0.570. The Kier molecular flexibility index (Phi) is 7.15. The zero-order chi connectivity index (χ0) is 8.53. The Morgan fingerprint density at radius 1 is 1.27 bits per heavy atom. The first-order valence-electron chi connectivity index (χ1n) is 4.20. The maximum absolute atomic E-state index is 10.5. The second-order valence-electron chi connectivity index (χ2n) is 2.65. The van der Waals surface area contributed by atoms with Crippen LogP contribution in [0, 0.1) is 0 Å². The van der Waals surface area contributed by atoms with Crippen LogP contribution in [-0.4, -0.2) is 5.97 Å². The van der Waals surface area contributed by atoms with E-state index in [4.69, 9.17) is 0 Å². The summed E-state index contributed by atoms with van der Waals surface area (Å²) >= 11 is 0. The highest BCUT2D eigenvalue weighted by Gasteiger charge is 1.98. The van der Waals surface area contributed by atoms with Crippen LogP contribution >= 0.6 is 0 Å². The summed E-state index contributed by atoms with van der Waals surface area (Å²) in [6.45, 7) is 2.16. The molecule has 0 atom stereocenters. The lowest BCUT2D eigenvalue weighted by Gasteiger charge is -1.97. The van der Waals surface area contributed by atoms with Crippen molar-refractivity contribution in [2.24, 2.45) is 5.90 Å². The largest absolute Gasteiger partial charge is 0.373 e. The summed E-state index contributed by atoms with van der Waals surface area (Å²) in [5.41, 5.74) is 0. The fourth-order valence-electron chi connectivity index (χ4n) is 0.932. The van der Waals surface area contributed by atoms with Crippen LogP contribution in [0.15, 0.2) is 0 Å². The van der Waals surface area contributed by atoms with E-state index in [-0.39, 0.29) is 5.97 Å². The van der Waals surface area contributed by atoms with E-state index in [1.807, 2.05) is 0 Å². The average molecular weight is 159 g/mol. The van der Waals surface area contributed by atoms with E-state index in [1.165, 1.54) is 19.3 Å². The van der Waals surface area contributed by atoms with Crippen molar-refractivity contribution in [2.75, 3.05) is 0 Å². The fraction of sp³-hybridized carbons (Fsp3) is 0.875. The van der Waals surface area contributed by atoms with Crippen LogP contribution < -0.4 is 5.90 Å². The third-order valence-corrected chi connectivity index (χ3v) is 1.62. The van der Waals surface area contributed by atoms with Gasteiger partial charge in [0.2, 0.25) is 0 Å². The van der Waals surface area contributed by atoms with Crippen molar-refractivity contribution >= 4 is 5.97 Å². The highest BCUT2D eigenvalue weighted by atomic mass is 16.7. The van der Waals surface area contributed by atoms with Gasteiger partial charge in [0.05, 0.1) is 0 Å². The van der Waals surface area contributed by atoms with Gasteiger partial charge in [-0.05, 0) is 6.42 Å². The molecule has 0 aromatic carbocycles. The van der Waals surface area contributed by atoms with Crippen LogP contribution in [0.25, 0.3) is 0 Å². The molecule has 0 aromatic rings. The van der Waals surface area contributed by atoms with Gasteiger partial charge >= 0.3 is 5.97 Å². The lowest BCUT2D eigenvalue weighted by atomic mass is 10.1. The first-order valence-corrected chi connectivity index (χ1v) is 4.20. The standard InChI is InChI=1S/C8H17NO2/c1-2-3-4-5-6-7-8(10)11-9/h2-7,9H2,1H3. The number of hydrogen-bond acceptors (Lipinski definition) is 3. The van der Waals surface area contributed by atoms with Crippen molar-refractivity contribution in [1.29, 1.82) is 0 Å². The minimum absolute atomic E-state index is 0.304. The molecular formula is C8H17NO2. The van der Waals surface area contributed by atoms with E-state index >= 15 is 0 Å². The van der Waals surface area contributed by atoms with E-state index in [0.717, 1.165) is 12.8 Å². The molecule has 0 rings (SSSR count). The van der Waals surface area contributed by atoms with E-state index in [1.54, 1.807) is 0 Å². The van der Waals surface area contributed by atoms with Crippen molar-refractivity contribution < 1.29 is 9.63 Å². The maximum atomic E-state index is 10.5. The normalized spacial score (nSPS) is 9.64. The zero-order valence-electron chi connectivity index (χ0n) is 7.14. The average Bonchev–Trinajstić information content (AvgIpc) is 2.04. The quantitative estimate of drug-likeness (QED) is 0.474. The lowest BCUT2D eigenvalue weighted by Crippen LogP contribution is -2.08. The van der Waals surface area contributed by atoms with Gasteiger partial charge < -0.3 is 4.84 Å². The predicted molar refractivity (Wildman–Crippen MR) is 43.7 cm³/mol. The number of hydrogen-bond donors (Lipinski definition) is 1. The van der Waals surface area contributed by atoms with Gasteiger partial charge in [-0.1, -0.05) is 32.6 Å². The smallest absolute Gasteiger partial charge is 0.324 e. The second-order valence-corrected chi connectivity index (χ2v) is 2.65. The summed E-state index contributed by atoms with van der Waals surface area (Å²) in [5.74, 6) is 4.36. The number of rotatable bonds is 6. The molecule has 0 saturated carbocycles. The Bertz CT molecular complexity index is 104. The van der Waals surface area contributed by atoms with Gasteiger partial charge in [-0.3, -0.25) is 4.79 Å². The van der Waals surface area contributed by atoms with Gasteiger partial charge in [-0.25, -0.2) is 0 Å². The molecule has 0 saturated heterocycles. The number of carbonyl (C=O) groups is 1. The number of carbonyl (C=O) groups excluding carboxylic acids is 1. The lowest BCUT2D eigenvalue weighted by molar-refractivity contribution is -0.144. The van der Waals surface area contributed by atoms with Crippen molar-refractivity contribution in [3.05, 3.63) is 0 Å². The second kappa shape index (κ2) is 7.54.